The van der Waals surface area contributed by atoms with Crippen LogP contribution >= 0.6 is 23.2 Å². The Morgan fingerprint density at radius 1 is 1.38 bits per heavy atom. The fourth-order valence-corrected chi connectivity index (χ4v) is 1.83. The summed E-state index contributed by atoms with van der Waals surface area (Å²) in [5.41, 5.74) is 7.56. The third kappa shape index (κ3) is 2.31. The van der Waals surface area contributed by atoms with Crippen molar-refractivity contribution in [2.45, 2.75) is 13.5 Å². The lowest BCUT2D eigenvalue weighted by Gasteiger charge is -2.04. The zero-order valence-electron chi connectivity index (χ0n) is 8.74. The molecule has 0 saturated heterocycles. The van der Waals surface area contributed by atoms with E-state index < -0.39 is 0 Å². The number of halogens is 2. The van der Waals surface area contributed by atoms with E-state index in [0.29, 0.717) is 22.4 Å². The number of nitrogen functional groups attached to an aromatic ring is 1. The second-order valence-corrected chi connectivity index (χ2v) is 4.47. The number of rotatable bonds is 2. The first kappa shape index (κ1) is 11.3. The molecule has 2 aromatic rings. The van der Waals surface area contributed by atoms with Gasteiger partial charge in [0.2, 0.25) is 0 Å². The molecule has 5 heteroatoms. The normalized spacial score (nSPS) is 10.7. The molecule has 0 atom stereocenters. The molecule has 16 heavy (non-hydrogen) atoms. The van der Waals surface area contributed by atoms with Crippen molar-refractivity contribution in [2.75, 3.05) is 5.73 Å². The van der Waals surface area contributed by atoms with Gasteiger partial charge in [-0.3, -0.25) is 4.68 Å². The van der Waals surface area contributed by atoms with Gasteiger partial charge in [-0.15, -0.1) is 0 Å². The van der Waals surface area contributed by atoms with E-state index in [1.54, 1.807) is 16.8 Å². The number of nitrogens with two attached hydrogens (primary N) is 1. The average Bonchev–Trinajstić information content (AvgIpc) is 2.52. The summed E-state index contributed by atoms with van der Waals surface area (Å²) < 4.78 is 1.75. The van der Waals surface area contributed by atoms with E-state index in [0.717, 1.165) is 11.1 Å². The molecule has 3 nitrogen and oxygen atoms in total. The van der Waals surface area contributed by atoms with E-state index in [1.807, 2.05) is 19.2 Å². The number of aromatic nitrogens is 2. The standard InChI is InChI=1S/C11H11Cl2N3/c1-7-5-16(15-11(7)14)6-8-4-9(12)2-3-10(8)13/h2-5H,6H2,1H3,(H2,14,15). The van der Waals surface area contributed by atoms with Gasteiger partial charge < -0.3 is 5.73 Å². The van der Waals surface area contributed by atoms with Gasteiger partial charge in [-0.1, -0.05) is 23.2 Å². The number of anilines is 1. The molecule has 0 radical (unpaired) electrons. The van der Waals surface area contributed by atoms with Gasteiger partial charge in [0.05, 0.1) is 6.54 Å². The highest BCUT2D eigenvalue weighted by molar-refractivity contribution is 6.33. The SMILES string of the molecule is Cc1cn(Cc2cc(Cl)ccc2Cl)nc1N. The fourth-order valence-electron chi connectivity index (χ4n) is 1.46. The number of benzene rings is 1. The van der Waals surface area contributed by atoms with Crippen LogP contribution in [0.3, 0.4) is 0 Å². The van der Waals surface area contributed by atoms with Crippen LogP contribution in [0.4, 0.5) is 5.82 Å². The Morgan fingerprint density at radius 3 is 2.75 bits per heavy atom. The summed E-state index contributed by atoms with van der Waals surface area (Å²) in [6, 6.07) is 5.37. The van der Waals surface area contributed by atoms with Crippen molar-refractivity contribution < 1.29 is 0 Å². The summed E-state index contributed by atoms with van der Waals surface area (Å²) in [5.74, 6) is 0.540. The van der Waals surface area contributed by atoms with Gasteiger partial charge >= 0.3 is 0 Å². The zero-order valence-corrected chi connectivity index (χ0v) is 10.3. The minimum atomic E-state index is 0.540. The van der Waals surface area contributed by atoms with Crippen molar-refractivity contribution in [2.24, 2.45) is 0 Å². The predicted octanol–water partition coefficient (Wildman–Crippen LogP) is 3.13. The summed E-state index contributed by atoms with van der Waals surface area (Å²) in [4.78, 5) is 0. The quantitative estimate of drug-likeness (QED) is 0.897. The maximum Gasteiger partial charge on any atom is 0.148 e. The minimum Gasteiger partial charge on any atom is -0.382 e. The second kappa shape index (κ2) is 4.36. The Balaban J connectivity index is 2.29. The molecule has 2 N–H and O–H groups in total. The monoisotopic (exact) mass is 255 g/mol. The fraction of sp³-hybridized carbons (Fsp3) is 0.182. The number of nitrogens with zero attached hydrogens (tertiary/aromatic N) is 2. The molecule has 0 fully saturated rings. The van der Waals surface area contributed by atoms with E-state index in [1.165, 1.54) is 0 Å². The molecular weight excluding hydrogens is 245 g/mol. The molecule has 1 aromatic heterocycles. The number of aryl methyl sites for hydroxylation is 1. The van der Waals surface area contributed by atoms with E-state index in [9.17, 15) is 0 Å². The molecular formula is C11H11Cl2N3. The smallest absolute Gasteiger partial charge is 0.148 e. The lowest BCUT2D eigenvalue weighted by molar-refractivity contribution is 0.690. The molecule has 0 saturated carbocycles. The van der Waals surface area contributed by atoms with E-state index >= 15 is 0 Å². The summed E-state index contributed by atoms with van der Waals surface area (Å²) >= 11 is 12.0. The van der Waals surface area contributed by atoms with Crippen LogP contribution in [0.25, 0.3) is 0 Å². The molecule has 0 unspecified atom stereocenters. The predicted molar refractivity (Wildman–Crippen MR) is 66.9 cm³/mol. The van der Waals surface area contributed by atoms with Gasteiger partial charge in [0.25, 0.3) is 0 Å². The first-order valence-electron chi connectivity index (χ1n) is 4.79. The van der Waals surface area contributed by atoms with Crippen molar-refractivity contribution >= 4 is 29.0 Å². The highest BCUT2D eigenvalue weighted by Gasteiger charge is 2.05. The maximum absolute atomic E-state index is 6.06. The van der Waals surface area contributed by atoms with Gasteiger partial charge in [0.15, 0.2) is 0 Å². The first-order chi connectivity index (χ1) is 7.56. The zero-order chi connectivity index (χ0) is 11.7. The van der Waals surface area contributed by atoms with Crippen LogP contribution in [-0.2, 0) is 6.54 Å². The summed E-state index contributed by atoms with van der Waals surface area (Å²) in [6.07, 6.45) is 1.88. The van der Waals surface area contributed by atoms with Crippen LogP contribution in [-0.4, -0.2) is 9.78 Å². The largest absolute Gasteiger partial charge is 0.382 e. The van der Waals surface area contributed by atoms with Crippen LogP contribution in [0.1, 0.15) is 11.1 Å². The minimum absolute atomic E-state index is 0.540. The third-order valence-electron chi connectivity index (χ3n) is 2.32. The Labute approximate surface area is 104 Å². The van der Waals surface area contributed by atoms with E-state index in [-0.39, 0.29) is 0 Å². The Kier molecular flexibility index (Phi) is 3.08. The molecule has 0 bridgehead atoms. The van der Waals surface area contributed by atoms with Gasteiger partial charge in [-0.2, -0.15) is 5.10 Å². The molecule has 84 valence electrons. The summed E-state index contributed by atoms with van der Waals surface area (Å²) in [7, 11) is 0. The molecule has 0 aliphatic heterocycles. The maximum atomic E-state index is 6.06. The van der Waals surface area contributed by atoms with Crippen LogP contribution in [0.2, 0.25) is 10.0 Å². The van der Waals surface area contributed by atoms with Crippen molar-refractivity contribution in [3.63, 3.8) is 0 Å². The highest BCUT2D eigenvalue weighted by atomic mass is 35.5. The van der Waals surface area contributed by atoms with Crippen molar-refractivity contribution in [3.05, 3.63) is 45.6 Å². The topological polar surface area (TPSA) is 43.8 Å². The van der Waals surface area contributed by atoms with Gasteiger partial charge in [0.1, 0.15) is 5.82 Å². The van der Waals surface area contributed by atoms with E-state index in [4.69, 9.17) is 28.9 Å². The Morgan fingerprint density at radius 2 is 2.12 bits per heavy atom. The molecule has 1 aromatic carbocycles. The average molecular weight is 256 g/mol. The summed E-state index contributed by atoms with van der Waals surface area (Å²) in [5, 5.41) is 5.51. The molecule has 0 aliphatic carbocycles. The van der Waals surface area contributed by atoms with Crippen LogP contribution in [0.15, 0.2) is 24.4 Å². The third-order valence-corrected chi connectivity index (χ3v) is 2.93. The van der Waals surface area contributed by atoms with Crippen LogP contribution < -0.4 is 5.73 Å². The van der Waals surface area contributed by atoms with E-state index in [2.05, 4.69) is 5.10 Å². The Hall–Kier alpha value is -1.19. The first-order valence-corrected chi connectivity index (χ1v) is 5.55. The van der Waals surface area contributed by atoms with Gasteiger partial charge in [-0.05, 0) is 30.7 Å². The van der Waals surface area contributed by atoms with Gasteiger partial charge in [0, 0.05) is 21.8 Å². The second-order valence-electron chi connectivity index (χ2n) is 3.63. The molecule has 1 heterocycles. The highest BCUT2D eigenvalue weighted by Crippen LogP contribution is 2.21. The van der Waals surface area contributed by atoms with Crippen LogP contribution in [0.5, 0.6) is 0 Å². The Bertz CT molecular complexity index is 500. The van der Waals surface area contributed by atoms with Crippen molar-refractivity contribution in [3.8, 4) is 0 Å². The van der Waals surface area contributed by atoms with Crippen molar-refractivity contribution in [1.29, 1.82) is 0 Å². The lowest BCUT2D eigenvalue weighted by Crippen LogP contribution is -2.01. The van der Waals surface area contributed by atoms with Gasteiger partial charge in [-0.25, -0.2) is 0 Å². The summed E-state index contributed by atoms with van der Waals surface area (Å²) in [6.45, 7) is 2.48. The molecule has 0 spiro atoms. The number of hydrogen-bond acceptors (Lipinski definition) is 2. The molecule has 2 rings (SSSR count). The van der Waals surface area contributed by atoms with Crippen molar-refractivity contribution in [1.82, 2.24) is 9.78 Å². The molecule has 0 aliphatic rings. The molecule has 0 amide bonds. The lowest BCUT2D eigenvalue weighted by atomic mass is 10.2. The van der Waals surface area contributed by atoms with Crippen LogP contribution in [0, 0.1) is 6.92 Å². The number of hydrogen-bond donors (Lipinski definition) is 1.